The van der Waals surface area contributed by atoms with Gasteiger partial charge in [-0.2, -0.15) is 0 Å². The molecule has 3 aliphatic carbocycles. The Balaban J connectivity index is 1.66. The Morgan fingerprint density at radius 1 is 1.05 bits per heavy atom. The Kier molecular flexibility index (Phi) is 6.51. The maximum Gasteiger partial charge on any atom is 0.255 e. The molecule has 6 N–H and O–H groups in total. The number of aromatic hydroxyl groups is 1. The number of nitrogens with two attached hydrogens (primary N) is 1. The summed E-state index contributed by atoms with van der Waals surface area (Å²) < 4.78 is 0. The van der Waals surface area contributed by atoms with Crippen LogP contribution in [-0.4, -0.2) is 63.4 Å². The van der Waals surface area contributed by atoms with Crippen LogP contribution in [0.2, 0.25) is 0 Å². The SMILES string of the molecule is CC(=O)c1ccc(C#Cc2cc(N(C)C)c3c(c2O)C(O)=C2C(=O)[C@]4(O)C(O)=C(C(N)=O)C(=O)C[C@@H]4C[C@@H]2C3)cc1. The summed E-state index contributed by atoms with van der Waals surface area (Å²) in [6.07, 6.45) is -0.139. The Morgan fingerprint density at radius 3 is 2.29 bits per heavy atom. The molecule has 0 aliphatic heterocycles. The van der Waals surface area contributed by atoms with Gasteiger partial charge in [-0.15, -0.1) is 0 Å². The van der Waals surface area contributed by atoms with E-state index in [2.05, 4.69) is 11.8 Å². The molecule has 10 nitrogen and oxygen atoms in total. The van der Waals surface area contributed by atoms with Crippen molar-refractivity contribution < 1.29 is 39.6 Å². The summed E-state index contributed by atoms with van der Waals surface area (Å²) in [4.78, 5) is 51.5. The average molecular weight is 557 g/mol. The molecule has 2 aromatic rings. The molecule has 0 bridgehead atoms. The van der Waals surface area contributed by atoms with Crippen LogP contribution in [0.5, 0.6) is 5.75 Å². The van der Waals surface area contributed by atoms with Gasteiger partial charge in [-0.05, 0) is 49.4 Å². The number of hydrogen-bond donors (Lipinski definition) is 5. The standard InChI is InChI=1S/C31H28N2O8/c1-14(34)16-7-4-15(5-8-16)6-9-17-12-21(33(2)3)20-11-18-10-19-13-22(35)25(30(32)40)29(39)31(19,41)28(38)23(18)27(37)24(20)26(17)36/h4-5,7-8,12,18-19,36-37,39,41H,10-11,13H2,1-3H3,(H2,32,40)/t18-,19+,31+/m1/s1. The largest absolute Gasteiger partial charge is 0.508 e. The number of phenols is 1. The molecule has 1 saturated carbocycles. The molecule has 10 heteroatoms. The lowest BCUT2D eigenvalue weighted by Crippen LogP contribution is -2.58. The van der Waals surface area contributed by atoms with Gasteiger partial charge >= 0.3 is 0 Å². The predicted octanol–water partition coefficient (Wildman–Crippen LogP) is 2.09. The van der Waals surface area contributed by atoms with E-state index in [4.69, 9.17) is 5.73 Å². The number of fused-ring (bicyclic) bond motifs is 3. The van der Waals surface area contributed by atoms with Crippen LogP contribution in [0.25, 0.3) is 5.76 Å². The molecule has 41 heavy (non-hydrogen) atoms. The number of ketones is 3. The van der Waals surface area contributed by atoms with E-state index in [-0.39, 0.29) is 47.5 Å². The van der Waals surface area contributed by atoms with Crippen molar-refractivity contribution in [1.29, 1.82) is 0 Å². The van der Waals surface area contributed by atoms with Crippen molar-refractivity contribution >= 4 is 34.7 Å². The van der Waals surface area contributed by atoms with E-state index in [0.29, 0.717) is 22.4 Å². The van der Waals surface area contributed by atoms with Crippen molar-refractivity contribution in [3.05, 3.63) is 75.1 Å². The molecule has 1 fully saturated rings. The Labute approximate surface area is 235 Å². The topological polar surface area (TPSA) is 178 Å². The number of phenolic OH excluding ortho intramolecular Hbond substituents is 1. The Morgan fingerprint density at radius 2 is 1.71 bits per heavy atom. The third-order valence-corrected chi connectivity index (χ3v) is 8.15. The molecule has 0 spiro atoms. The van der Waals surface area contributed by atoms with Crippen LogP contribution in [0.1, 0.15) is 52.4 Å². The van der Waals surface area contributed by atoms with E-state index in [9.17, 15) is 39.6 Å². The van der Waals surface area contributed by atoms with Gasteiger partial charge in [0.15, 0.2) is 17.2 Å². The fourth-order valence-electron chi connectivity index (χ4n) is 6.09. The quantitative estimate of drug-likeness (QED) is 0.215. The summed E-state index contributed by atoms with van der Waals surface area (Å²) in [6, 6.07) is 8.29. The predicted molar refractivity (Wildman–Crippen MR) is 148 cm³/mol. The zero-order valence-corrected chi connectivity index (χ0v) is 22.6. The first-order valence-corrected chi connectivity index (χ1v) is 12.9. The van der Waals surface area contributed by atoms with Crippen LogP contribution in [0.15, 0.2) is 47.2 Å². The highest BCUT2D eigenvalue weighted by Crippen LogP contribution is 2.53. The second kappa shape index (κ2) is 9.64. The molecule has 1 amide bonds. The van der Waals surface area contributed by atoms with E-state index in [1.165, 1.54) is 6.92 Å². The minimum absolute atomic E-state index is 0.0282. The first-order chi connectivity index (χ1) is 19.3. The molecule has 0 aromatic heterocycles. The fraction of sp³-hybridized carbons (Fsp3) is 0.290. The number of carbonyl (C=O) groups is 4. The van der Waals surface area contributed by atoms with Gasteiger partial charge < -0.3 is 31.1 Å². The number of benzene rings is 2. The van der Waals surface area contributed by atoms with Crippen molar-refractivity contribution in [2.24, 2.45) is 17.6 Å². The lowest BCUT2D eigenvalue weighted by atomic mass is 9.59. The highest BCUT2D eigenvalue weighted by molar-refractivity contribution is 6.22. The average Bonchev–Trinajstić information content (AvgIpc) is 2.90. The molecule has 3 aliphatic rings. The number of primary amides is 1. The molecule has 210 valence electrons. The normalized spacial score (nSPS) is 23.2. The number of carbonyl (C=O) groups excluding carboxylic acids is 4. The molecule has 3 atom stereocenters. The van der Waals surface area contributed by atoms with E-state index < -0.39 is 52.0 Å². The van der Waals surface area contributed by atoms with Crippen molar-refractivity contribution in [3.8, 4) is 17.6 Å². The number of nitrogens with zero attached hydrogens (tertiary/aromatic N) is 1. The number of Topliss-reactive ketones (excluding diaryl/α,β-unsaturated/α-hetero) is 3. The summed E-state index contributed by atoms with van der Waals surface area (Å²) >= 11 is 0. The smallest absolute Gasteiger partial charge is 0.255 e. The monoisotopic (exact) mass is 556 g/mol. The van der Waals surface area contributed by atoms with Gasteiger partial charge in [0.05, 0.1) is 11.1 Å². The second-order valence-corrected chi connectivity index (χ2v) is 10.8. The first kappa shape index (κ1) is 27.7. The number of amides is 1. The van der Waals surface area contributed by atoms with Gasteiger partial charge in [-0.1, -0.05) is 24.0 Å². The van der Waals surface area contributed by atoms with E-state index >= 15 is 0 Å². The van der Waals surface area contributed by atoms with Gasteiger partial charge in [-0.25, -0.2) is 0 Å². The van der Waals surface area contributed by atoms with E-state index in [0.717, 1.165) is 0 Å². The van der Waals surface area contributed by atoms with Gasteiger partial charge in [0, 0.05) is 48.8 Å². The summed E-state index contributed by atoms with van der Waals surface area (Å²) in [6.45, 7) is 1.46. The maximum atomic E-state index is 13.8. The molecular formula is C31H28N2O8. The third-order valence-electron chi connectivity index (χ3n) is 8.15. The van der Waals surface area contributed by atoms with Gasteiger partial charge in [0.1, 0.15) is 22.8 Å². The van der Waals surface area contributed by atoms with Crippen LogP contribution in [0.4, 0.5) is 5.69 Å². The van der Waals surface area contributed by atoms with Crippen LogP contribution >= 0.6 is 0 Å². The zero-order chi connectivity index (χ0) is 30.0. The Hall–Kier alpha value is -4.88. The summed E-state index contributed by atoms with van der Waals surface area (Å²) in [5.41, 5.74) is 3.99. The first-order valence-electron chi connectivity index (χ1n) is 12.9. The minimum Gasteiger partial charge on any atom is -0.508 e. The number of anilines is 1. The lowest BCUT2D eigenvalue weighted by Gasteiger charge is -2.46. The third kappa shape index (κ3) is 4.17. The lowest BCUT2D eigenvalue weighted by molar-refractivity contribution is -0.147. The molecule has 0 radical (unpaired) electrons. The molecule has 0 unspecified atom stereocenters. The van der Waals surface area contributed by atoms with Crippen LogP contribution in [0, 0.1) is 23.7 Å². The summed E-state index contributed by atoms with van der Waals surface area (Å²) in [5.74, 6) is -1.09. The summed E-state index contributed by atoms with van der Waals surface area (Å²) in [7, 11) is 3.55. The van der Waals surface area contributed by atoms with Gasteiger partial charge in [-0.3, -0.25) is 19.2 Å². The molecule has 2 aromatic carbocycles. The highest BCUT2D eigenvalue weighted by atomic mass is 16.3. The molecule has 0 saturated heterocycles. The van der Waals surface area contributed by atoms with E-state index in [1.807, 2.05) is 0 Å². The molecule has 5 rings (SSSR count). The van der Waals surface area contributed by atoms with Crippen LogP contribution in [0.3, 0.4) is 0 Å². The second-order valence-electron chi connectivity index (χ2n) is 10.8. The summed E-state index contributed by atoms with van der Waals surface area (Å²) in [5, 5.41) is 44.9. The van der Waals surface area contributed by atoms with Crippen molar-refractivity contribution in [2.45, 2.75) is 31.8 Å². The van der Waals surface area contributed by atoms with Gasteiger partial charge in [0.2, 0.25) is 5.78 Å². The highest BCUT2D eigenvalue weighted by Gasteiger charge is 2.60. The number of aliphatic hydroxyl groups is 3. The number of rotatable bonds is 3. The number of hydrogen-bond acceptors (Lipinski definition) is 9. The van der Waals surface area contributed by atoms with Crippen LogP contribution in [-0.2, 0) is 20.8 Å². The van der Waals surface area contributed by atoms with E-state index in [1.54, 1.807) is 49.3 Å². The van der Waals surface area contributed by atoms with Crippen molar-refractivity contribution in [2.75, 3.05) is 19.0 Å². The van der Waals surface area contributed by atoms with Crippen LogP contribution < -0.4 is 10.6 Å². The molecule has 0 heterocycles. The Bertz CT molecular complexity index is 1690. The van der Waals surface area contributed by atoms with Crippen molar-refractivity contribution in [3.63, 3.8) is 0 Å². The van der Waals surface area contributed by atoms with Gasteiger partial charge in [0.25, 0.3) is 5.91 Å². The van der Waals surface area contributed by atoms with Crippen molar-refractivity contribution in [1.82, 2.24) is 0 Å². The molecular weight excluding hydrogens is 528 g/mol. The fourth-order valence-corrected chi connectivity index (χ4v) is 6.09. The minimum atomic E-state index is -2.63. The number of aliphatic hydroxyl groups excluding tert-OH is 2. The maximum absolute atomic E-state index is 13.8. The zero-order valence-electron chi connectivity index (χ0n) is 22.6.